The largest absolute Gasteiger partial charge is 0.588 e. The maximum absolute atomic E-state index is 14.0. The van der Waals surface area contributed by atoms with Gasteiger partial charge in [-0.2, -0.15) is 0 Å². The molecule has 1 unspecified atom stereocenters. The van der Waals surface area contributed by atoms with E-state index in [0.29, 0.717) is 60.0 Å². The molecule has 3 aromatic carbocycles. The van der Waals surface area contributed by atoms with Crippen molar-refractivity contribution in [1.82, 2.24) is 14.8 Å². The van der Waals surface area contributed by atoms with Gasteiger partial charge in [0.05, 0.1) is 5.69 Å². The van der Waals surface area contributed by atoms with Crippen LogP contribution in [-0.2, 0) is 17.9 Å². The molecular formula is C28H26F2N4O2S. The van der Waals surface area contributed by atoms with E-state index in [2.05, 4.69) is 14.6 Å². The fourth-order valence-electron chi connectivity index (χ4n) is 4.47. The van der Waals surface area contributed by atoms with Crippen molar-refractivity contribution in [3.63, 3.8) is 0 Å². The zero-order valence-corrected chi connectivity index (χ0v) is 21.1. The van der Waals surface area contributed by atoms with E-state index in [1.165, 1.54) is 12.1 Å². The van der Waals surface area contributed by atoms with E-state index in [9.17, 15) is 18.1 Å². The Kier molecular flexibility index (Phi) is 7.36. The molecule has 0 spiro atoms. The summed E-state index contributed by atoms with van der Waals surface area (Å²) in [5, 5.41) is 0.913. The first-order chi connectivity index (χ1) is 17.9. The highest BCUT2D eigenvalue weighted by Crippen LogP contribution is 2.26. The van der Waals surface area contributed by atoms with Crippen molar-refractivity contribution in [1.29, 1.82) is 0 Å². The summed E-state index contributed by atoms with van der Waals surface area (Å²) in [4.78, 5) is 21.9. The van der Waals surface area contributed by atoms with Crippen LogP contribution in [-0.4, -0.2) is 51.4 Å². The highest BCUT2D eigenvalue weighted by molar-refractivity contribution is 7.93. The number of halogens is 2. The van der Waals surface area contributed by atoms with Crippen molar-refractivity contribution in [2.75, 3.05) is 30.9 Å². The summed E-state index contributed by atoms with van der Waals surface area (Å²) in [6.45, 7) is 4.46. The van der Waals surface area contributed by atoms with Crippen LogP contribution < -0.4 is 4.72 Å². The third-order valence-electron chi connectivity index (χ3n) is 6.54. The number of rotatable bonds is 6. The third-order valence-corrected chi connectivity index (χ3v) is 7.67. The van der Waals surface area contributed by atoms with Crippen LogP contribution in [0, 0.1) is 18.6 Å². The van der Waals surface area contributed by atoms with Crippen LogP contribution >= 0.6 is 0 Å². The van der Waals surface area contributed by atoms with Crippen molar-refractivity contribution in [3.05, 3.63) is 101 Å². The number of para-hydroxylation sites is 1. The fourth-order valence-corrected chi connectivity index (χ4v) is 5.56. The molecule has 1 aliphatic heterocycles. The predicted octanol–water partition coefficient (Wildman–Crippen LogP) is 4.91. The molecule has 1 N–H and O–H groups in total. The van der Waals surface area contributed by atoms with Crippen molar-refractivity contribution >= 4 is 33.9 Å². The summed E-state index contributed by atoms with van der Waals surface area (Å²) in [6.07, 6.45) is 1.68. The van der Waals surface area contributed by atoms with Gasteiger partial charge in [-0.15, -0.1) is 0 Å². The Morgan fingerprint density at radius 3 is 2.57 bits per heavy atom. The molecule has 6 nitrogen and oxygen atoms in total. The number of hydrogen-bond acceptors (Lipinski definition) is 5. The van der Waals surface area contributed by atoms with Gasteiger partial charge in [0.25, 0.3) is 5.91 Å². The van der Waals surface area contributed by atoms with Crippen molar-refractivity contribution in [3.8, 4) is 0 Å². The number of nitrogens with zero attached hydrogens (tertiary/aromatic N) is 3. The number of pyridine rings is 1. The molecule has 1 atom stereocenters. The maximum Gasteiger partial charge on any atom is 0.253 e. The molecule has 0 aliphatic carbocycles. The molecule has 0 radical (unpaired) electrons. The number of piperazine rings is 1. The molecular weight excluding hydrogens is 494 g/mol. The number of aromatic nitrogens is 1. The second kappa shape index (κ2) is 10.8. The number of anilines is 1. The van der Waals surface area contributed by atoms with E-state index in [1.54, 1.807) is 35.4 Å². The average Bonchev–Trinajstić information content (AvgIpc) is 2.91. The zero-order valence-electron chi connectivity index (χ0n) is 20.3. The van der Waals surface area contributed by atoms with Crippen LogP contribution in [0.5, 0.6) is 0 Å². The number of nitrogens with one attached hydrogen (secondary N) is 1. The van der Waals surface area contributed by atoms with Gasteiger partial charge in [-0.05, 0) is 48.9 Å². The minimum absolute atomic E-state index is 0.0818. The number of amides is 1. The van der Waals surface area contributed by atoms with Gasteiger partial charge < -0.3 is 9.45 Å². The number of aryl methyl sites for hydroxylation is 1. The van der Waals surface area contributed by atoms with Gasteiger partial charge >= 0.3 is 0 Å². The van der Waals surface area contributed by atoms with Crippen LogP contribution in [0.25, 0.3) is 10.9 Å². The summed E-state index contributed by atoms with van der Waals surface area (Å²) in [7, 11) is 0. The number of hydrogen-bond donors (Lipinski definition) is 1. The van der Waals surface area contributed by atoms with E-state index in [4.69, 9.17) is 0 Å². The molecule has 1 fully saturated rings. The fraction of sp³-hybridized carbons (Fsp3) is 0.214. The zero-order chi connectivity index (χ0) is 25.9. The summed E-state index contributed by atoms with van der Waals surface area (Å²) in [5.74, 6) is -1.23. The predicted molar refractivity (Wildman–Crippen MR) is 140 cm³/mol. The molecule has 37 heavy (non-hydrogen) atoms. The number of carbonyl (C=O) groups is 1. The summed E-state index contributed by atoms with van der Waals surface area (Å²) < 4.78 is 43.3. The minimum Gasteiger partial charge on any atom is -0.588 e. The highest BCUT2D eigenvalue weighted by Gasteiger charge is 2.24. The van der Waals surface area contributed by atoms with Crippen LogP contribution in [0.1, 0.15) is 21.5 Å². The van der Waals surface area contributed by atoms with Crippen LogP contribution in [0.4, 0.5) is 14.5 Å². The molecule has 1 amide bonds. The minimum atomic E-state index is -1.53. The SMILES string of the molecule is Cc1cc(C(=O)N2CCN(Cc3ccc(F)cc3F)CC2)ccc1N[S+]([O-])c1cccc2cccnc12. The van der Waals surface area contributed by atoms with E-state index in [1.807, 2.05) is 31.2 Å². The lowest BCUT2D eigenvalue weighted by molar-refractivity contribution is 0.0627. The Hall–Kier alpha value is -3.53. The molecule has 1 aliphatic rings. The molecule has 190 valence electrons. The number of benzene rings is 3. The maximum atomic E-state index is 14.0. The molecule has 5 rings (SSSR count). The van der Waals surface area contributed by atoms with Gasteiger partial charge in [-0.3, -0.25) is 14.7 Å². The van der Waals surface area contributed by atoms with Crippen LogP contribution in [0.15, 0.2) is 77.8 Å². The second-order valence-electron chi connectivity index (χ2n) is 9.04. The monoisotopic (exact) mass is 520 g/mol. The third kappa shape index (κ3) is 5.58. The Labute approximate surface area is 217 Å². The van der Waals surface area contributed by atoms with E-state index in [0.717, 1.165) is 17.0 Å². The molecule has 0 bridgehead atoms. The lowest BCUT2D eigenvalue weighted by Gasteiger charge is -2.35. The van der Waals surface area contributed by atoms with Crippen LogP contribution in [0.3, 0.4) is 0 Å². The quantitative estimate of drug-likeness (QED) is 0.366. The first-order valence-electron chi connectivity index (χ1n) is 12.0. The van der Waals surface area contributed by atoms with Gasteiger partial charge in [0.2, 0.25) is 4.90 Å². The number of carbonyl (C=O) groups excluding carboxylic acids is 1. The molecule has 1 saturated heterocycles. The molecule has 9 heteroatoms. The van der Waals surface area contributed by atoms with Gasteiger partial charge in [0.1, 0.15) is 28.5 Å². The Morgan fingerprint density at radius 1 is 1.03 bits per heavy atom. The van der Waals surface area contributed by atoms with E-state index < -0.39 is 23.0 Å². The standard InChI is InChI=1S/C28H26F2N4O2S/c1-19-16-21(8-10-25(19)32-37(36)26-6-2-4-20-5-3-11-31-27(20)26)28(35)34-14-12-33(13-15-34)18-22-7-9-23(29)17-24(22)30/h2-11,16-17,32H,12-15,18H2,1H3. The van der Waals surface area contributed by atoms with Crippen LogP contribution in [0.2, 0.25) is 0 Å². The topological polar surface area (TPSA) is 71.5 Å². The van der Waals surface area contributed by atoms with Crippen molar-refractivity contribution in [2.45, 2.75) is 18.4 Å². The van der Waals surface area contributed by atoms with Gasteiger partial charge in [-0.25, -0.2) is 13.5 Å². The molecule has 2 heterocycles. The lowest BCUT2D eigenvalue weighted by Crippen LogP contribution is -2.48. The first-order valence-corrected chi connectivity index (χ1v) is 13.1. The normalized spacial score (nSPS) is 15.1. The lowest BCUT2D eigenvalue weighted by atomic mass is 10.1. The average molecular weight is 521 g/mol. The van der Waals surface area contributed by atoms with E-state index >= 15 is 0 Å². The molecule has 0 saturated carbocycles. The summed E-state index contributed by atoms with van der Waals surface area (Å²) >= 11 is -1.53. The summed E-state index contributed by atoms with van der Waals surface area (Å²) in [5.41, 5.74) is 3.16. The van der Waals surface area contributed by atoms with Gasteiger partial charge in [0, 0.05) is 61.5 Å². The smallest absolute Gasteiger partial charge is 0.253 e. The Bertz CT molecular complexity index is 1440. The summed E-state index contributed by atoms with van der Waals surface area (Å²) in [6, 6.07) is 18.2. The Morgan fingerprint density at radius 2 is 1.81 bits per heavy atom. The molecule has 4 aromatic rings. The van der Waals surface area contributed by atoms with Crippen molar-refractivity contribution in [2.24, 2.45) is 0 Å². The first kappa shape index (κ1) is 25.1. The van der Waals surface area contributed by atoms with Crippen molar-refractivity contribution < 1.29 is 18.1 Å². The van der Waals surface area contributed by atoms with Gasteiger partial charge in [-0.1, -0.05) is 24.3 Å². The number of fused-ring (bicyclic) bond motifs is 1. The molecule has 1 aromatic heterocycles. The second-order valence-corrected chi connectivity index (χ2v) is 10.2. The van der Waals surface area contributed by atoms with E-state index in [-0.39, 0.29) is 5.91 Å². The highest BCUT2D eigenvalue weighted by atomic mass is 32.2. The van der Waals surface area contributed by atoms with Gasteiger partial charge in [0.15, 0.2) is 0 Å². The Balaban J connectivity index is 1.21.